The number of hydrogen-bond donors (Lipinski definition) is 0. The summed E-state index contributed by atoms with van der Waals surface area (Å²) >= 11 is 0. The fourth-order valence-electron chi connectivity index (χ4n) is 2.83. The molecule has 0 amide bonds. The lowest BCUT2D eigenvalue weighted by Crippen LogP contribution is -2.24. The molecular formula is C20H22F3NO2. The third kappa shape index (κ3) is 4.85. The van der Waals surface area contributed by atoms with Gasteiger partial charge in [0, 0.05) is 17.5 Å². The van der Waals surface area contributed by atoms with Gasteiger partial charge in [0.1, 0.15) is 5.70 Å². The van der Waals surface area contributed by atoms with Gasteiger partial charge < -0.3 is 4.74 Å². The van der Waals surface area contributed by atoms with Crippen LogP contribution in [0.1, 0.15) is 54.9 Å². The van der Waals surface area contributed by atoms with Crippen molar-refractivity contribution >= 4 is 17.4 Å². The van der Waals surface area contributed by atoms with Crippen LogP contribution in [0.4, 0.5) is 13.2 Å². The molecule has 0 spiro atoms. The summed E-state index contributed by atoms with van der Waals surface area (Å²) in [6, 6.07) is 6.27. The molecule has 0 heterocycles. The first kappa shape index (κ1) is 20.0. The molecule has 1 fully saturated rings. The molecule has 2 rings (SSSR count). The Hall–Kier alpha value is -2.33. The number of carbonyl (C=O) groups is 1. The van der Waals surface area contributed by atoms with Crippen LogP contribution >= 0.6 is 0 Å². The van der Waals surface area contributed by atoms with Crippen molar-refractivity contribution in [1.82, 2.24) is 0 Å². The lowest BCUT2D eigenvalue weighted by Gasteiger charge is -2.11. The molecule has 0 saturated heterocycles. The summed E-state index contributed by atoms with van der Waals surface area (Å²) in [6.07, 6.45) is 0.118. The van der Waals surface area contributed by atoms with Gasteiger partial charge in [-0.25, -0.2) is 4.99 Å². The van der Waals surface area contributed by atoms with E-state index in [0.29, 0.717) is 23.0 Å². The van der Waals surface area contributed by atoms with Crippen molar-refractivity contribution in [3.63, 3.8) is 0 Å². The summed E-state index contributed by atoms with van der Waals surface area (Å²) in [7, 11) is 0.901. The minimum atomic E-state index is -4.70. The molecule has 140 valence electrons. The van der Waals surface area contributed by atoms with E-state index in [-0.39, 0.29) is 11.5 Å². The first-order valence-corrected chi connectivity index (χ1v) is 8.48. The third-order valence-corrected chi connectivity index (χ3v) is 4.89. The number of benzene rings is 1. The SMILES string of the molecule is C=C=C(N=C(OC)C(F)(F)F)c1ccc(C(=O)CCC2(CC)CC2)cc1. The fourth-order valence-corrected chi connectivity index (χ4v) is 2.83. The summed E-state index contributed by atoms with van der Waals surface area (Å²) in [5, 5.41) is 0. The Morgan fingerprint density at radius 2 is 1.85 bits per heavy atom. The molecule has 1 aromatic carbocycles. The molecule has 1 aromatic rings. The predicted octanol–water partition coefficient (Wildman–Crippen LogP) is 5.57. The number of halogens is 3. The Balaban J connectivity index is 2.11. The first-order chi connectivity index (χ1) is 12.2. The Morgan fingerprint density at radius 1 is 1.27 bits per heavy atom. The van der Waals surface area contributed by atoms with Crippen molar-refractivity contribution in [2.75, 3.05) is 7.11 Å². The van der Waals surface area contributed by atoms with Gasteiger partial charge >= 0.3 is 6.18 Å². The molecule has 3 nitrogen and oxygen atoms in total. The number of alkyl halides is 3. The Kier molecular flexibility index (Phi) is 6.09. The summed E-state index contributed by atoms with van der Waals surface area (Å²) in [5.74, 6) is -1.34. The smallest absolute Gasteiger partial charge is 0.468 e. The van der Waals surface area contributed by atoms with Gasteiger partial charge in [-0.3, -0.25) is 4.79 Å². The van der Waals surface area contributed by atoms with E-state index in [2.05, 4.69) is 29.0 Å². The van der Waals surface area contributed by atoms with Gasteiger partial charge in [-0.2, -0.15) is 13.2 Å². The molecule has 0 aliphatic heterocycles. The van der Waals surface area contributed by atoms with Gasteiger partial charge in [0.2, 0.25) is 0 Å². The highest BCUT2D eigenvalue weighted by atomic mass is 19.4. The molecule has 1 aliphatic carbocycles. The molecule has 1 saturated carbocycles. The number of rotatable bonds is 7. The van der Waals surface area contributed by atoms with Gasteiger partial charge in [-0.05, 0) is 24.7 Å². The van der Waals surface area contributed by atoms with Crippen LogP contribution in [0.15, 0.2) is 41.6 Å². The zero-order valence-electron chi connectivity index (χ0n) is 14.9. The van der Waals surface area contributed by atoms with E-state index < -0.39 is 12.1 Å². The normalized spacial score (nSPS) is 16.0. The summed E-state index contributed by atoms with van der Waals surface area (Å²) in [6.45, 7) is 5.52. The van der Waals surface area contributed by atoms with E-state index >= 15 is 0 Å². The molecule has 0 atom stereocenters. The number of carbonyl (C=O) groups excluding carboxylic acids is 1. The molecule has 0 N–H and O–H groups in total. The lowest BCUT2D eigenvalue weighted by atomic mass is 9.94. The minimum Gasteiger partial charge on any atom is -0.478 e. The van der Waals surface area contributed by atoms with E-state index in [1.165, 1.54) is 12.8 Å². The Bertz CT molecular complexity index is 737. The Labute approximate surface area is 151 Å². The lowest BCUT2D eigenvalue weighted by molar-refractivity contribution is -0.0754. The van der Waals surface area contributed by atoms with Crippen molar-refractivity contribution in [1.29, 1.82) is 0 Å². The van der Waals surface area contributed by atoms with Crippen molar-refractivity contribution in [2.45, 2.75) is 45.2 Å². The highest BCUT2D eigenvalue weighted by molar-refractivity contribution is 5.96. The second kappa shape index (κ2) is 7.92. The number of ketones is 1. The second-order valence-electron chi connectivity index (χ2n) is 6.50. The number of hydrogen-bond acceptors (Lipinski definition) is 3. The van der Waals surface area contributed by atoms with Crippen molar-refractivity contribution in [2.24, 2.45) is 10.4 Å². The quantitative estimate of drug-likeness (QED) is 0.274. The van der Waals surface area contributed by atoms with Crippen LogP contribution < -0.4 is 0 Å². The second-order valence-corrected chi connectivity index (χ2v) is 6.50. The molecule has 26 heavy (non-hydrogen) atoms. The molecule has 0 unspecified atom stereocenters. The number of methoxy groups -OCH3 is 1. The maximum absolute atomic E-state index is 12.8. The van der Waals surface area contributed by atoms with E-state index in [1.807, 2.05) is 0 Å². The van der Waals surface area contributed by atoms with E-state index in [0.717, 1.165) is 20.0 Å². The maximum atomic E-state index is 12.8. The zero-order valence-corrected chi connectivity index (χ0v) is 14.9. The minimum absolute atomic E-state index is 0.0387. The van der Waals surface area contributed by atoms with Crippen molar-refractivity contribution < 1.29 is 22.7 Å². The third-order valence-electron chi connectivity index (χ3n) is 4.89. The van der Waals surface area contributed by atoms with Crippen LogP contribution in [0.3, 0.4) is 0 Å². The standard InChI is InChI=1S/C20H22F3NO2/c1-4-16(24-18(26-3)20(21,22)23)14-6-8-15(9-7-14)17(25)10-11-19(5-2)12-13-19/h6-9H,1,5,10-13H2,2-3H3. The van der Waals surface area contributed by atoms with Crippen LogP contribution in [0.2, 0.25) is 0 Å². The number of Topliss-reactive ketones (excluding diaryl/α,β-unsaturated/α-hetero) is 1. The maximum Gasteiger partial charge on any atom is 0.468 e. The van der Waals surface area contributed by atoms with Crippen LogP contribution in [-0.2, 0) is 4.74 Å². The number of ether oxygens (including phenoxy) is 1. The molecule has 6 heteroatoms. The van der Waals surface area contributed by atoms with Crippen LogP contribution in [0.5, 0.6) is 0 Å². The number of nitrogens with zero attached hydrogens (tertiary/aromatic N) is 1. The summed E-state index contributed by atoms with van der Waals surface area (Å²) in [4.78, 5) is 15.8. The van der Waals surface area contributed by atoms with Crippen LogP contribution in [0, 0.1) is 5.41 Å². The highest BCUT2D eigenvalue weighted by Gasteiger charge is 2.40. The monoisotopic (exact) mass is 365 g/mol. The molecule has 0 radical (unpaired) electrons. The molecule has 1 aliphatic rings. The summed E-state index contributed by atoms with van der Waals surface area (Å²) in [5.41, 5.74) is 3.54. The van der Waals surface area contributed by atoms with Crippen LogP contribution in [-0.4, -0.2) is 25.0 Å². The average molecular weight is 365 g/mol. The topological polar surface area (TPSA) is 38.7 Å². The fraction of sp³-hybridized carbons (Fsp3) is 0.450. The number of aliphatic imine (C=N–C) groups is 1. The molecule has 0 aromatic heterocycles. The van der Waals surface area contributed by atoms with Crippen molar-refractivity contribution in [3.8, 4) is 0 Å². The van der Waals surface area contributed by atoms with E-state index in [9.17, 15) is 18.0 Å². The van der Waals surface area contributed by atoms with Gasteiger partial charge in [-0.1, -0.05) is 44.2 Å². The first-order valence-electron chi connectivity index (χ1n) is 8.48. The zero-order chi connectivity index (χ0) is 19.4. The molecule has 0 bridgehead atoms. The average Bonchev–Trinajstić information content (AvgIpc) is 3.40. The largest absolute Gasteiger partial charge is 0.478 e. The molecular weight excluding hydrogens is 343 g/mol. The van der Waals surface area contributed by atoms with Gasteiger partial charge in [0.15, 0.2) is 5.78 Å². The van der Waals surface area contributed by atoms with Crippen molar-refractivity contribution in [3.05, 3.63) is 47.7 Å². The van der Waals surface area contributed by atoms with Gasteiger partial charge in [-0.15, -0.1) is 5.73 Å². The van der Waals surface area contributed by atoms with E-state index in [4.69, 9.17) is 0 Å². The Morgan fingerprint density at radius 3 is 2.27 bits per heavy atom. The van der Waals surface area contributed by atoms with Gasteiger partial charge in [0.25, 0.3) is 5.90 Å². The predicted molar refractivity (Wildman–Crippen MR) is 95.0 cm³/mol. The highest BCUT2D eigenvalue weighted by Crippen LogP contribution is 2.52. The van der Waals surface area contributed by atoms with Crippen LogP contribution in [0.25, 0.3) is 5.70 Å². The van der Waals surface area contributed by atoms with E-state index in [1.54, 1.807) is 24.3 Å². The summed E-state index contributed by atoms with van der Waals surface area (Å²) < 4.78 is 42.6. The van der Waals surface area contributed by atoms with Gasteiger partial charge in [0.05, 0.1) is 7.11 Å².